The summed E-state index contributed by atoms with van der Waals surface area (Å²) >= 11 is 3.07. The summed E-state index contributed by atoms with van der Waals surface area (Å²) in [5.74, 6) is -1.17. The van der Waals surface area contributed by atoms with Crippen molar-refractivity contribution in [2.24, 2.45) is 0 Å². The van der Waals surface area contributed by atoms with Crippen molar-refractivity contribution in [3.8, 4) is 0 Å². The Kier molecular flexibility index (Phi) is 6.16. The van der Waals surface area contributed by atoms with E-state index in [1.807, 2.05) is 0 Å². The van der Waals surface area contributed by atoms with Gasteiger partial charge in [0, 0.05) is 6.54 Å². The highest BCUT2D eigenvalue weighted by molar-refractivity contribution is 9.10. The Balaban J connectivity index is 1.74. The zero-order valence-corrected chi connectivity index (χ0v) is 14.9. The number of hydrogen-bond acceptors (Lipinski definition) is 5. The highest BCUT2D eigenvalue weighted by Crippen LogP contribution is 2.13. The van der Waals surface area contributed by atoms with E-state index in [0.29, 0.717) is 4.67 Å². The van der Waals surface area contributed by atoms with Gasteiger partial charge in [-0.15, -0.1) is 0 Å². The molecule has 1 heterocycles. The molecule has 128 valence electrons. The van der Waals surface area contributed by atoms with Crippen LogP contribution in [0, 0.1) is 0 Å². The first-order chi connectivity index (χ1) is 11.4. The second kappa shape index (κ2) is 8.11. The number of nitrogens with one attached hydrogen (secondary N) is 2. The van der Waals surface area contributed by atoms with Gasteiger partial charge in [0.1, 0.15) is 0 Å². The topological polar surface area (TPSA) is 105 Å². The van der Waals surface area contributed by atoms with Crippen molar-refractivity contribution in [1.82, 2.24) is 10.6 Å². The van der Waals surface area contributed by atoms with E-state index in [1.54, 1.807) is 24.3 Å². The lowest BCUT2D eigenvalue weighted by atomic mass is 10.4. The van der Waals surface area contributed by atoms with Gasteiger partial charge in [-0.05, 0) is 40.2 Å². The van der Waals surface area contributed by atoms with Crippen molar-refractivity contribution in [1.29, 1.82) is 0 Å². The second-order valence-electron chi connectivity index (χ2n) is 4.77. The Labute approximate surface area is 147 Å². The molecule has 2 N–H and O–H groups in total. The molecule has 24 heavy (non-hydrogen) atoms. The first kappa shape index (κ1) is 18.2. The fourth-order valence-electron chi connectivity index (χ4n) is 1.82. The molecule has 0 aliphatic heterocycles. The molecular formula is C15H15BrN2O5S. The molecule has 2 amide bonds. The van der Waals surface area contributed by atoms with Crippen molar-refractivity contribution in [2.45, 2.75) is 4.90 Å². The Morgan fingerprint density at radius 2 is 1.75 bits per heavy atom. The van der Waals surface area contributed by atoms with Crippen LogP contribution in [0.15, 0.2) is 56.4 Å². The molecule has 2 aromatic rings. The third kappa shape index (κ3) is 5.20. The number of benzene rings is 1. The number of halogens is 1. The zero-order valence-electron chi connectivity index (χ0n) is 12.5. The van der Waals surface area contributed by atoms with Gasteiger partial charge >= 0.3 is 0 Å². The highest BCUT2D eigenvalue weighted by atomic mass is 79.9. The summed E-state index contributed by atoms with van der Waals surface area (Å²) in [4.78, 5) is 23.5. The van der Waals surface area contributed by atoms with E-state index < -0.39 is 21.7 Å². The van der Waals surface area contributed by atoms with Gasteiger partial charge < -0.3 is 15.1 Å². The molecule has 0 aliphatic carbocycles. The van der Waals surface area contributed by atoms with Crippen molar-refractivity contribution in [3.63, 3.8) is 0 Å². The van der Waals surface area contributed by atoms with Gasteiger partial charge in [0.25, 0.3) is 5.91 Å². The molecule has 0 radical (unpaired) electrons. The summed E-state index contributed by atoms with van der Waals surface area (Å²) in [5, 5.41) is 4.82. The average Bonchev–Trinajstić information content (AvgIpc) is 3.00. The third-order valence-electron chi connectivity index (χ3n) is 3.00. The average molecular weight is 415 g/mol. The monoisotopic (exact) mass is 414 g/mol. The van der Waals surface area contributed by atoms with E-state index in [0.717, 1.165) is 0 Å². The highest BCUT2D eigenvalue weighted by Gasteiger charge is 2.15. The maximum Gasteiger partial charge on any atom is 0.287 e. The van der Waals surface area contributed by atoms with Crippen LogP contribution in [0.3, 0.4) is 0 Å². The molecule has 0 atom stereocenters. The molecule has 7 nitrogen and oxygen atoms in total. The van der Waals surface area contributed by atoms with Gasteiger partial charge in [-0.2, -0.15) is 0 Å². The van der Waals surface area contributed by atoms with Crippen LogP contribution in [0.5, 0.6) is 0 Å². The summed E-state index contributed by atoms with van der Waals surface area (Å²) in [6.07, 6.45) is 0. The van der Waals surface area contributed by atoms with Gasteiger partial charge in [-0.25, -0.2) is 8.42 Å². The van der Waals surface area contributed by atoms with E-state index >= 15 is 0 Å². The molecule has 2 rings (SSSR count). The van der Waals surface area contributed by atoms with Gasteiger partial charge in [-0.3, -0.25) is 9.59 Å². The fourth-order valence-corrected chi connectivity index (χ4v) is 3.30. The minimum Gasteiger partial charge on any atom is -0.444 e. The first-order valence-electron chi connectivity index (χ1n) is 6.96. The van der Waals surface area contributed by atoms with E-state index in [-0.39, 0.29) is 29.5 Å². The van der Waals surface area contributed by atoms with E-state index in [9.17, 15) is 18.0 Å². The normalized spacial score (nSPS) is 11.0. The predicted octanol–water partition coefficient (Wildman–Crippen LogP) is 1.36. The molecular weight excluding hydrogens is 400 g/mol. The fraction of sp³-hybridized carbons (Fsp3) is 0.200. The molecule has 0 bridgehead atoms. The van der Waals surface area contributed by atoms with Crippen LogP contribution in [0.2, 0.25) is 0 Å². The van der Waals surface area contributed by atoms with E-state index in [4.69, 9.17) is 4.42 Å². The molecule has 0 aliphatic rings. The van der Waals surface area contributed by atoms with Gasteiger partial charge in [0.05, 0.1) is 17.2 Å². The lowest BCUT2D eigenvalue weighted by Gasteiger charge is -2.07. The van der Waals surface area contributed by atoms with Crippen LogP contribution < -0.4 is 10.6 Å². The number of furan rings is 1. The third-order valence-corrected chi connectivity index (χ3v) is 5.16. The maximum atomic E-state index is 12.0. The largest absolute Gasteiger partial charge is 0.444 e. The van der Waals surface area contributed by atoms with Crippen molar-refractivity contribution < 1.29 is 22.4 Å². The van der Waals surface area contributed by atoms with Gasteiger partial charge in [0.15, 0.2) is 20.3 Å². The lowest BCUT2D eigenvalue weighted by Crippen LogP contribution is -2.38. The first-order valence-corrected chi connectivity index (χ1v) is 9.41. The summed E-state index contributed by atoms with van der Waals surface area (Å²) < 4.78 is 29.5. The number of sulfone groups is 1. The summed E-state index contributed by atoms with van der Waals surface area (Å²) in [6, 6.07) is 11.0. The molecule has 0 spiro atoms. The minimum atomic E-state index is -3.45. The second-order valence-corrected chi connectivity index (χ2v) is 7.66. The predicted molar refractivity (Wildman–Crippen MR) is 90.2 cm³/mol. The summed E-state index contributed by atoms with van der Waals surface area (Å²) in [7, 11) is -3.45. The number of hydrogen-bond donors (Lipinski definition) is 2. The molecule has 0 unspecified atom stereocenters. The minimum absolute atomic E-state index is 0.0434. The Bertz CT molecular complexity index is 817. The van der Waals surface area contributed by atoms with Crippen LogP contribution in [0.1, 0.15) is 10.6 Å². The van der Waals surface area contributed by atoms with Crippen molar-refractivity contribution in [2.75, 3.05) is 18.8 Å². The molecule has 0 saturated carbocycles. The lowest BCUT2D eigenvalue weighted by molar-refractivity contribution is -0.120. The van der Waals surface area contributed by atoms with Crippen LogP contribution in [0.4, 0.5) is 0 Å². The Morgan fingerprint density at radius 1 is 1.04 bits per heavy atom. The number of amides is 2. The number of carbonyl (C=O) groups excluding carboxylic acids is 2. The molecule has 9 heteroatoms. The Morgan fingerprint density at radius 3 is 2.38 bits per heavy atom. The summed E-state index contributed by atoms with van der Waals surface area (Å²) in [6.45, 7) is -0.319. The molecule has 1 aromatic carbocycles. The number of rotatable bonds is 7. The van der Waals surface area contributed by atoms with E-state index in [2.05, 4.69) is 26.6 Å². The molecule has 1 aromatic heterocycles. The molecule has 0 saturated heterocycles. The molecule has 0 fully saturated rings. The van der Waals surface area contributed by atoms with Crippen LogP contribution in [-0.4, -0.2) is 39.1 Å². The quantitative estimate of drug-likeness (QED) is 0.711. The van der Waals surface area contributed by atoms with Gasteiger partial charge in [-0.1, -0.05) is 18.2 Å². The van der Waals surface area contributed by atoms with Crippen molar-refractivity contribution in [3.05, 3.63) is 52.9 Å². The van der Waals surface area contributed by atoms with E-state index in [1.165, 1.54) is 18.2 Å². The summed E-state index contributed by atoms with van der Waals surface area (Å²) in [5.41, 5.74) is 0. The SMILES string of the molecule is O=C(CNC(=O)c1ccc(Br)o1)NCCS(=O)(=O)c1ccccc1. The maximum absolute atomic E-state index is 12.0. The van der Waals surface area contributed by atoms with Gasteiger partial charge in [0.2, 0.25) is 5.91 Å². The standard InChI is InChI=1S/C15H15BrN2O5S/c16-13-7-6-12(23-13)15(20)18-10-14(19)17-8-9-24(21,22)11-4-2-1-3-5-11/h1-7H,8-10H2,(H,17,19)(H,18,20). The Hall–Kier alpha value is -2.13. The zero-order chi connectivity index (χ0) is 17.6. The van der Waals surface area contributed by atoms with Crippen molar-refractivity contribution >= 4 is 37.6 Å². The van der Waals surface area contributed by atoms with Crippen LogP contribution >= 0.6 is 15.9 Å². The van der Waals surface area contributed by atoms with Crippen LogP contribution in [-0.2, 0) is 14.6 Å². The number of carbonyl (C=O) groups is 2. The van der Waals surface area contributed by atoms with Crippen LogP contribution in [0.25, 0.3) is 0 Å². The smallest absolute Gasteiger partial charge is 0.287 e.